The quantitative estimate of drug-likeness (QED) is 0.306. The van der Waals surface area contributed by atoms with Crippen molar-refractivity contribution in [3.63, 3.8) is 0 Å². The molecular weight excluding hydrogens is 208 g/mol. The Morgan fingerprint density at radius 2 is 1.29 bits per heavy atom. The van der Waals surface area contributed by atoms with Crippen LogP contribution in [-0.4, -0.2) is 15.2 Å². The van der Waals surface area contributed by atoms with Crippen molar-refractivity contribution in [1.82, 2.24) is 0 Å². The molecule has 1 atom stereocenters. The first-order valence-electron chi connectivity index (χ1n) is 6.41. The van der Waals surface area contributed by atoms with E-state index in [1.807, 2.05) is 0 Å². The van der Waals surface area contributed by atoms with Crippen molar-refractivity contribution in [1.29, 1.82) is 0 Å². The van der Waals surface area contributed by atoms with E-state index in [1.165, 1.54) is 64.2 Å². The first-order chi connectivity index (χ1) is 6.77. The second-order valence-corrected chi connectivity index (χ2v) is 7.27. The summed E-state index contributed by atoms with van der Waals surface area (Å²) in [6, 6.07) is 0. The maximum atomic E-state index is 5.94. The summed E-state index contributed by atoms with van der Waals surface area (Å²) >= 11 is 5.94. The summed E-state index contributed by atoms with van der Waals surface area (Å²) in [4.78, 5) is 0. The Morgan fingerprint density at radius 1 is 0.857 bits per heavy atom. The summed E-state index contributed by atoms with van der Waals surface area (Å²) in [5.74, 6) is 0. The molecule has 0 saturated carbocycles. The Morgan fingerprint density at radius 3 is 1.71 bits per heavy atom. The molecule has 0 aliphatic carbocycles. The molecule has 0 aromatic carbocycles. The molecule has 0 heterocycles. The number of hydrogen-bond acceptors (Lipinski definition) is 0. The first-order valence-corrected chi connectivity index (χ1v) is 8.00. The highest BCUT2D eigenvalue weighted by molar-refractivity contribution is 6.40. The smallest absolute Gasteiger partial charge is 0.0254 e. The summed E-state index contributed by atoms with van der Waals surface area (Å²) in [7, 11) is 1.16. The minimum absolute atomic E-state index is 0.513. The molecule has 2 heteroatoms. The predicted octanol–water partition coefficient (Wildman–Crippen LogP) is 3.84. The maximum absolute atomic E-state index is 5.94. The lowest BCUT2D eigenvalue weighted by molar-refractivity contribution is 0.561. The third-order valence-electron chi connectivity index (χ3n) is 2.71. The van der Waals surface area contributed by atoms with Crippen LogP contribution in [0.3, 0.4) is 0 Å². The van der Waals surface area contributed by atoms with Gasteiger partial charge in [-0.3, -0.25) is 0 Å². The molecule has 0 saturated heterocycles. The molecule has 0 fully saturated rings. The van der Waals surface area contributed by atoms with Crippen molar-refractivity contribution < 1.29 is 0 Å². The lowest BCUT2D eigenvalue weighted by Gasteiger charge is -2.03. The minimum atomic E-state index is 0.513. The van der Waals surface area contributed by atoms with E-state index in [0.717, 1.165) is 10.2 Å². The third-order valence-corrected chi connectivity index (χ3v) is 3.50. The molecule has 0 spiro atoms. The van der Waals surface area contributed by atoms with E-state index in [0.29, 0.717) is 5.00 Å². The van der Waals surface area contributed by atoms with Gasteiger partial charge in [-0.05, 0) is 6.42 Å². The number of unbranched alkanes of at least 4 members (excludes halogenated alkanes) is 8. The van der Waals surface area contributed by atoms with E-state index in [1.54, 1.807) is 0 Å². The van der Waals surface area contributed by atoms with Gasteiger partial charge in [0.05, 0.1) is 0 Å². The van der Waals surface area contributed by atoms with Crippen LogP contribution in [0.4, 0.5) is 0 Å². The maximum Gasteiger partial charge on any atom is 0.0254 e. The van der Waals surface area contributed by atoms with Gasteiger partial charge in [-0.2, -0.15) is 0 Å². The highest BCUT2D eigenvalue weighted by atomic mass is 35.5. The minimum Gasteiger partial charge on any atom is -0.128 e. The van der Waals surface area contributed by atoms with E-state index < -0.39 is 0 Å². The normalized spacial score (nSPS) is 13.3. The van der Waals surface area contributed by atoms with Gasteiger partial charge in [0, 0.05) is 15.2 Å². The molecule has 0 aromatic heterocycles. The first kappa shape index (κ1) is 14.5. The molecule has 0 bridgehead atoms. The van der Waals surface area contributed by atoms with E-state index in [-0.39, 0.29) is 0 Å². The summed E-state index contributed by atoms with van der Waals surface area (Å²) in [5, 5.41) is 0.513. The highest BCUT2D eigenvalue weighted by Gasteiger charge is 1.96. The van der Waals surface area contributed by atoms with Gasteiger partial charge in [-0.1, -0.05) is 64.7 Å². The van der Waals surface area contributed by atoms with Gasteiger partial charge in [-0.25, -0.2) is 0 Å². The average Bonchev–Trinajstić information content (AvgIpc) is 2.15. The van der Waals surface area contributed by atoms with Crippen molar-refractivity contribution in [3.8, 4) is 0 Å². The lowest BCUT2D eigenvalue weighted by atomic mass is 10.1. The van der Waals surface area contributed by atoms with Crippen molar-refractivity contribution in [3.05, 3.63) is 0 Å². The molecule has 0 radical (unpaired) electrons. The number of halogens is 1. The molecule has 0 amide bonds. The Kier molecular flexibility index (Phi) is 12.0. The topological polar surface area (TPSA) is 0 Å². The van der Waals surface area contributed by atoms with E-state index in [4.69, 9.17) is 11.6 Å². The van der Waals surface area contributed by atoms with E-state index in [9.17, 15) is 0 Å². The van der Waals surface area contributed by atoms with Crippen molar-refractivity contribution in [2.24, 2.45) is 0 Å². The van der Waals surface area contributed by atoms with Gasteiger partial charge in [0.25, 0.3) is 0 Å². The predicted molar refractivity (Wildman–Crippen MR) is 71.4 cm³/mol. The van der Waals surface area contributed by atoms with E-state index >= 15 is 0 Å². The molecule has 0 aliphatic rings. The molecule has 0 rings (SSSR count). The van der Waals surface area contributed by atoms with Crippen LogP contribution in [0.2, 0.25) is 0 Å². The van der Waals surface area contributed by atoms with Gasteiger partial charge in [0.2, 0.25) is 0 Å². The lowest BCUT2D eigenvalue weighted by Crippen LogP contribution is -1.95. The SMILES string of the molecule is CCCCCCCCCCCC([SiH3])Cl. The van der Waals surface area contributed by atoms with Crippen molar-refractivity contribution in [2.75, 3.05) is 0 Å². The van der Waals surface area contributed by atoms with Crippen molar-refractivity contribution >= 4 is 21.8 Å². The number of alkyl halides is 1. The Balaban J connectivity index is 2.85. The van der Waals surface area contributed by atoms with Crippen LogP contribution in [0, 0.1) is 0 Å². The fraction of sp³-hybridized carbons (Fsp3) is 1.00. The molecule has 0 aromatic rings. The summed E-state index contributed by atoms with van der Waals surface area (Å²) in [6.45, 7) is 2.27. The Hall–Kier alpha value is 0.507. The van der Waals surface area contributed by atoms with Gasteiger partial charge in [-0.15, -0.1) is 11.6 Å². The second kappa shape index (κ2) is 11.6. The summed E-state index contributed by atoms with van der Waals surface area (Å²) < 4.78 is 0. The standard InChI is InChI=1S/C12H27ClSi/c1-2-3-4-5-6-7-8-9-10-11-12(13)14/h12H,2-11H2,1,14H3. The van der Waals surface area contributed by atoms with Gasteiger partial charge in [0.15, 0.2) is 0 Å². The van der Waals surface area contributed by atoms with Crippen LogP contribution in [0.5, 0.6) is 0 Å². The Bertz CT molecular complexity index is 104. The van der Waals surface area contributed by atoms with Crippen LogP contribution in [0.25, 0.3) is 0 Å². The number of hydrogen-bond donors (Lipinski definition) is 0. The molecule has 1 unspecified atom stereocenters. The van der Waals surface area contributed by atoms with Crippen LogP contribution in [0.1, 0.15) is 71.1 Å². The van der Waals surface area contributed by atoms with Crippen LogP contribution >= 0.6 is 11.6 Å². The monoisotopic (exact) mass is 234 g/mol. The van der Waals surface area contributed by atoms with Gasteiger partial charge >= 0.3 is 0 Å². The highest BCUT2D eigenvalue weighted by Crippen LogP contribution is 2.11. The number of rotatable bonds is 10. The van der Waals surface area contributed by atoms with Crippen LogP contribution < -0.4 is 0 Å². The zero-order chi connectivity index (χ0) is 10.6. The molecule has 0 aliphatic heterocycles. The molecule has 14 heavy (non-hydrogen) atoms. The molecular formula is C12H27ClSi. The van der Waals surface area contributed by atoms with Crippen molar-refractivity contribution in [2.45, 2.75) is 76.1 Å². The molecule has 0 N–H and O–H groups in total. The van der Waals surface area contributed by atoms with Crippen LogP contribution in [0.15, 0.2) is 0 Å². The summed E-state index contributed by atoms with van der Waals surface area (Å²) in [5.41, 5.74) is 0. The zero-order valence-electron chi connectivity index (χ0n) is 10.0. The second-order valence-electron chi connectivity index (χ2n) is 4.40. The fourth-order valence-electron chi connectivity index (χ4n) is 1.74. The van der Waals surface area contributed by atoms with Gasteiger partial charge in [0.1, 0.15) is 0 Å². The fourth-order valence-corrected chi connectivity index (χ4v) is 2.30. The average molecular weight is 235 g/mol. The molecule has 0 nitrogen and oxygen atoms in total. The largest absolute Gasteiger partial charge is 0.128 e. The third kappa shape index (κ3) is 12.5. The zero-order valence-corrected chi connectivity index (χ0v) is 12.8. The summed E-state index contributed by atoms with van der Waals surface area (Å²) in [6.07, 6.45) is 14.0. The van der Waals surface area contributed by atoms with Crippen LogP contribution in [-0.2, 0) is 0 Å². The Labute approximate surface area is 98.2 Å². The van der Waals surface area contributed by atoms with E-state index in [2.05, 4.69) is 6.92 Å². The molecule has 86 valence electrons. The van der Waals surface area contributed by atoms with Gasteiger partial charge < -0.3 is 0 Å².